The van der Waals surface area contributed by atoms with Crippen LogP contribution in [-0.2, 0) is 6.42 Å². The fourth-order valence-corrected chi connectivity index (χ4v) is 3.31. The van der Waals surface area contributed by atoms with Gasteiger partial charge in [0.2, 0.25) is 0 Å². The normalized spacial score (nSPS) is 19.4. The minimum atomic E-state index is 0.0441. The van der Waals surface area contributed by atoms with E-state index in [9.17, 15) is 0 Å². The molecule has 1 aliphatic carbocycles. The second-order valence-corrected chi connectivity index (χ2v) is 5.68. The maximum Gasteiger partial charge on any atom is 0.0544 e. The molecule has 0 spiro atoms. The number of fused-ring (bicyclic) bond motifs is 1. The van der Waals surface area contributed by atoms with Gasteiger partial charge in [-0.1, -0.05) is 29.8 Å². The van der Waals surface area contributed by atoms with Gasteiger partial charge in [-0.2, -0.15) is 0 Å². The number of hydrazine groups is 1. The van der Waals surface area contributed by atoms with E-state index in [0.717, 1.165) is 23.4 Å². The SMILES string of the molecule is NNC(c1cccc(Cl)c1)C1CCCc2cccnc21. The fraction of sp³-hybridized carbons (Fsp3) is 0.312. The van der Waals surface area contributed by atoms with E-state index < -0.39 is 0 Å². The summed E-state index contributed by atoms with van der Waals surface area (Å²) in [5.41, 5.74) is 6.58. The van der Waals surface area contributed by atoms with E-state index in [1.807, 2.05) is 30.5 Å². The molecule has 0 bridgehead atoms. The van der Waals surface area contributed by atoms with Crippen LogP contribution in [0.5, 0.6) is 0 Å². The van der Waals surface area contributed by atoms with Crippen LogP contribution in [0.15, 0.2) is 42.6 Å². The molecule has 2 aromatic rings. The van der Waals surface area contributed by atoms with Crippen LogP contribution in [0.4, 0.5) is 0 Å². The first-order valence-electron chi connectivity index (χ1n) is 6.95. The standard InChI is InChI=1S/C16H18ClN3/c17-13-7-1-5-12(10-13)16(20-18)14-8-2-4-11-6-3-9-19-15(11)14/h1,3,5-7,9-10,14,16,20H,2,4,8,18H2. The van der Waals surface area contributed by atoms with Crippen LogP contribution in [0, 0.1) is 0 Å². The molecule has 0 saturated carbocycles. The van der Waals surface area contributed by atoms with Gasteiger partial charge in [0.15, 0.2) is 0 Å². The zero-order valence-corrected chi connectivity index (χ0v) is 12.0. The molecular formula is C16H18ClN3. The topological polar surface area (TPSA) is 50.9 Å². The molecule has 20 heavy (non-hydrogen) atoms. The van der Waals surface area contributed by atoms with Gasteiger partial charge in [-0.15, -0.1) is 0 Å². The van der Waals surface area contributed by atoms with Gasteiger partial charge in [0.05, 0.1) is 6.04 Å². The van der Waals surface area contributed by atoms with E-state index in [4.69, 9.17) is 17.4 Å². The van der Waals surface area contributed by atoms with Gasteiger partial charge in [0.25, 0.3) is 0 Å². The van der Waals surface area contributed by atoms with Gasteiger partial charge in [-0.05, 0) is 48.6 Å². The van der Waals surface area contributed by atoms with Crippen molar-refractivity contribution < 1.29 is 0 Å². The molecular weight excluding hydrogens is 270 g/mol. The monoisotopic (exact) mass is 287 g/mol. The lowest BCUT2D eigenvalue weighted by Gasteiger charge is -2.31. The molecule has 3 nitrogen and oxygen atoms in total. The van der Waals surface area contributed by atoms with E-state index in [1.165, 1.54) is 17.7 Å². The number of pyridine rings is 1. The van der Waals surface area contributed by atoms with E-state index in [0.29, 0.717) is 5.92 Å². The number of hydrogen-bond donors (Lipinski definition) is 2. The zero-order chi connectivity index (χ0) is 13.9. The lowest BCUT2D eigenvalue weighted by Crippen LogP contribution is -2.34. The summed E-state index contributed by atoms with van der Waals surface area (Å²) in [7, 11) is 0. The smallest absolute Gasteiger partial charge is 0.0544 e. The predicted molar refractivity (Wildman–Crippen MR) is 81.4 cm³/mol. The molecule has 1 aromatic heterocycles. The summed E-state index contributed by atoms with van der Waals surface area (Å²) in [4.78, 5) is 4.59. The van der Waals surface area contributed by atoms with Crippen LogP contribution in [0.25, 0.3) is 0 Å². The summed E-state index contributed by atoms with van der Waals surface area (Å²) >= 11 is 6.10. The highest BCUT2D eigenvalue weighted by Gasteiger charge is 2.29. The number of nitrogens with zero attached hydrogens (tertiary/aromatic N) is 1. The van der Waals surface area contributed by atoms with Crippen LogP contribution in [0.1, 0.15) is 41.6 Å². The van der Waals surface area contributed by atoms with Crippen molar-refractivity contribution in [2.75, 3.05) is 0 Å². The largest absolute Gasteiger partial charge is 0.271 e. The van der Waals surface area contributed by atoms with Crippen molar-refractivity contribution in [3.05, 3.63) is 64.4 Å². The van der Waals surface area contributed by atoms with Crippen molar-refractivity contribution in [3.8, 4) is 0 Å². The summed E-state index contributed by atoms with van der Waals surface area (Å²) < 4.78 is 0. The van der Waals surface area contributed by atoms with Gasteiger partial charge in [0, 0.05) is 22.8 Å². The van der Waals surface area contributed by atoms with Crippen LogP contribution in [0.2, 0.25) is 5.02 Å². The van der Waals surface area contributed by atoms with E-state index in [2.05, 4.69) is 22.5 Å². The molecule has 1 heterocycles. The first-order chi connectivity index (χ1) is 9.79. The molecule has 0 radical (unpaired) electrons. The predicted octanol–water partition coefficient (Wildman–Crippen LogP) is 3.36. The van der Waals surface area contributed by atoms with Gasteiger partial charge in [-0.3, -0.25) is 16.3 Å². The highest BCUT2D eigenvalue weighted by molar-refractivity contribution is 6.30. The molecule has 3 N–H and O–H groups in total. The fourth-order valence-electron chi connectivity index (χ4n) is 3.11. The lowest BCUT2D eigenvalue weighted by atomic mass is 9.80. The highest BCUT2D eigenvalue weighted by atomic mass is 35.5. The maximum absolute atomic E-state index is 6.10. The Morgan fingerprint density at radius 3 is 3.00 bits per heavy atom. The molecule has 0 fully saturated rings. The number of benzene rings is 1. The van der Waals surface area contributed by atoms with Crippen LogP contribution in [-0.4, -0.2) is 4.98 Å². The van der Waals surface area contributed by atoms with Gasteiger partial charge >= 0.3 is 0 Å². The van der Waals surface area contributed by atoms with Crippen LogP contribution < -0.4 is 11.3 Å². The Balaban J connectivity index is 1.99. The Labute approximate surface area is 124 Å². The summed E-state index contributed by atoms with van der Waals surface area (Å²) in [5.74, 6) is 6.12. The summed E-state index contributed by atoms with van der Waals surface area (Å²) in [5, 5.41) is 0.736. The zero-order valence-electron chi connectivity index (χ0n) is 11.2. The molecule has 3 rings (SSSR count). The van der Waals surface area contributed by atoms with Crippen molar-refractivity contribution in [2.45, 2.75) is 31.2 Å². The molecule has 1 aliphatic rings. The van der Waals surface area contributed by atoms with Crippen molar-refractivity contribution >= 4 is 11.6 Å². The number of aromatic nitrogens is 1. The summed E-state index contributed by atoms with van der Waals surface area (Å²) in [6, 6.07) is 12.1. The quantitative estimate of drug-likeness (QED) is 0.672. The van der Waals surface area contributed by atoms with Crippen LogP contribution in [0.3, 0.4) is 0 Å². The Morgan fingerprint density at radius 1 is 1.30 bits per heavy atom. The molecule has 0 amide bonds. The third-order valence-electron chi connectivity index (χ3n) is 4.03. The second kappa shape index (κ2) is 5.92. The summed E-state index contributed by atoms with van der Waals surface area (Å²) in [6.45, 7) is 0. The minimum absolute atomic E-state index is 0.0441. The van der Waals surface area contributed by atoms with E-state index >= 15 is 0 Å². The Morgan fingerprint density at radius 2 is 2.20 bits per heavy atom. The molecule has 1 aromatic carbocycles. The Bertz CT molecular complexity index is 600. The minimum Gasteiger partial charge on any atom is -0.271 e. The average molecular weight is 288 g/mol. The number of halogens is 1. The average Bonchev–Trinajstić information content (AvgIpc) is 2.48. The molecule has 0 aliphatic heterocycles. The molecule has 0 saturated heterocycles. The molecule has 2 atom stereocenters. The Kier molecular flexibility index (Phi) is 4.01. The lowest BCUT2D eigenvalue weighted by molar-refractivity contribution is 0.400. The molecule has 104 valence electrons. The van der Waals surface area contributed by atoms with Crippen molar-refractivity contribution in [1.82, 2.24) is 10.4 Å². The van der Waals surface area contributed by atoms with E-state index in [-0.39, 0.29) is 6.04 Å². The number of hydrogen-bond acceptors (Lipinski definition) is 3. The molecule has 4 heteroatoms. The van der Waals surface area contributed by atoms with Crippen molar-refractivity contribution in [1.29, 1.82) is 0 Å². The van der Waals surface area contributed by atoms with Gasteiger partial charge in [0.1, 0.15) is 0 Å². The number of aryl methyl sites for hydroxylation is 1. The van der Waals surface area contributed by atoms with Crippen molar-refractivity contribution in [3.63, 3.8) is 0 Å². The number of rotatable bonds is 3. The Hall–Kier alpha value is -1.42. The highest BCUT2D eigenvalue weighted by Crippen LogP contribution is 2.39. The third-order valence-corrected chi connectivity index (χ3v) is 4.26. The third kappa shape index (κ3) is 2.57. The maximum atomic E-state index is 6.10. The number of nitrogens with two attached hydrogens (primary N) is 1. The first kappa shape index (κ1) is 13.6. The van der Waals surface area contributed by atoms with Gasteiger partial charge in [-0.25, -0.2) is 0 Å². The van der Waals surface area contributed by atoms with Crippen molar-refractivity contribution in [2.24, 2.45) is 5.84 Å². The van der Waals surface area contributed by atoms with Crippen LogP contribution >= 0.6 is 11.6 Å². The number of nitrogens with one attached hydrogen (secondary N) is 1. The van der Waals surface area contributed by atoms with Gasteiger partial charge < -0.3 is 0 Å². The first-order valence-corrected chi connectivity index (χ1v) is 7.33. The van der Waals surface area contributed by atoms with E-state index in [1.54, 1.807) is 0 Å². The summed E-state index contributed by atoms with van der Waals surface area (Å²) in [6.07, 6.45) is 5.22. The second-order valence-electron chi connectivity index (χ2n) is 5.25. The molecule has 2 unspecified atom stereocenters.